The Labute approximate surface area is 133 Å². The van der Waals surface area contributed by atoms with Crippen LogP contribution >= 0.6 is 0 Å². The summed E-state index contributed by atoms with van der Waals surface area (Å²) in [7, 11) is 0. The predicted molar refractivity (Wildman–Crippen MR) is 85.7 cm³/mol. The molecule has 0 aromatic heterocycles. The first-order valence-electron chi connectivity index (χ1n) is 8.51. The fourth-order valence-electron chi connectivity index (χ4n) is 2.71. The van der Waals surface area contributed by atoms with Crippen molar-refractivity contribution in [3.63, 3.8) is 0 Å². The lowest BCUT2D eigenvalue weighted by atomic mass is 10.1. The molecule has 0 spiro atoms. The Morgan fingerprint density at radius 2 is 1.73 bits per heavy atom. The van der Waals surface area contributed by atoms with Crippen molar-refractivity contribution in [3.05, 3.63) is 12.7 Å². The second kappa shape index (κ2) is 12.0. The van der Waals surface area contributed by atoms with Crippen LogP contribution in [0, 0.1) is 0 Å². The highest BCUT2D eigenvalue weighted by molar-refractivity contribution is 4.88. The van der Waals surface area contributed by atoms with E-state index in [1.165, 1.54) is 32.1 Å². The minimum absolute atomic E-state index is 0.0948. The second-order valence-electron chi connectivity index (χ2n) is 6.00. The summed E-state index contributed by atoms with van der Waals surface area (Å²) in [5.41, 5.74) is 0. The van der Waals surface area contributed by atoms with Crippen LogP contribution in [-0.2, 0) is 9.47 Å². The maximum Gasteiger partial charge on any atom is 0.114 e. The lowest BCUT2D eigenvalue weighted by molar-refractivity contribution is -0.101. The molecule has 1 fully saturated rings. The van der Waals surface area contributed by atoms with Gasteiger partial charge in [-0.25, -0.2) is 0 Å². The molecule has 0 saturated carbocycles. The molecule has 1 rings (SSSR count). The molecule has 22 heavy (non-hydrogen) atoms. The van der Waals surface area contributed by atoms with Gasteiger partial charge in [0.2, 0.25) is 0 Å². The third-order valence-electron chi connectivity index (χ3n) is 4.12. The highest BCUT2D eigenvalue weighted by Crippen LogP contribution is 2.20. The van der Waals surface area contributed by atoms with Gasteiger partial charge in [0.25, 0.3) is 0 Å². The van der Waals surface area contributed by atoms with Crippen LogP contribution < -0.4 is 0 Å². The SMILES string of the molecule is C=CCCCCCCCCCO[C@H](CO)[C@H]1OC[C@H](O)[C@H]1O. The third kappa shape index (κ3) is 7.20. The quantitative estimate of drug-likeness (QED) is 0.357. The Hall–Kier alpha value is -0.460. The van der Waals surface area contributed by atoms with Gasteiger partial charge in [0, 0.05) is 6.61 Å². The summed E-state index contributed by atoms with van der Waals surface area (Å²) in [5, 5.41) is 28.5. The van der Waals surface area contributed by atoms with Crippen molar-refractivity contribution in [1.82, 2.24) is 0 Å². The third-order valence-corrected chi connectivity index (χ3v) is 4.12. The van der Waals surface area contributed by atoms with Crippen LogP contribution in [0.4, 0.5) is 0 Å². The monoisotopic (exact) mass is 316 g/mol. The van der Waals surface area contributed by atoms with Crippen LogP contribution in [0.25, 0.3) is 0 Å². The van der Waals surface area contributed by atoms with Crippen LogP contribution in [0.15, 0.2) is 12.7 Å². The van der Waals surface area contributed by atoms with Crippen molar-refractivity contribution in [3.8, 4) is 0 Å². The zero-order chi connectivity index (χ0) is 16.2. The van der Waals surface area contributed by atoms with Gasteiger partial charge in [-0.3, -0.25) is 0 Å². The van der Waals surface area contributed by atoms with E-state index in [2.05, 4.69) is 6.58 Å². The first kappa shape index (κ1) is 19.6. The average molecular weight is 316 g/mol. The molecule has 1 aliphatic heterocycles. The van der Waals surface area contributed by atoms with Crippen LogP contribution in [0.3, 0.4) is 0 Å². The zero-order valence-electron chi connectivity index (χ0n) is 13.5. The highest BCUT2D eigenvalue weighted by Gasteiger charge is 2.40. The van der Waals surface area contributed by atoms with Gasteiger partial charge in [-0.05, 0) is 19.3 Å². The van der Waals surface area contributed by atoms with Gasteiger partial charge in [0.05, 0.1) is 13.2 Å². The number of aliphatic hydroxyl groups excluding tert-OH is 3. The molecule has 0 aliphatic carbocycles. The van der Waals surface area contributed by atoms with Crippen molar-refractivity contribution < 1.29 is 24.8 Å². The Morgan fingerprint density at radius 1 is 1.09 bits per heavy atom. The maximum absolute atomic E-state index is 9.75. The van der Waals surface area contributed by atoms with Crippen LogP contribution in [0.5, 0.6) is 0 Å². The van der Waals surface area contributed by atoms with E-state index in [9.17, 15) is 15.3 Å². The van der Waals surface area contributed by atoms with Crippen molar-refractivity contribution in [2.45, 2.75) is 75.8 Å². The van der Waals surface area contributed by atoms with E-state index < -0.39 is 24.4 Å². The number of aliphatic hydroxyl groups is 3. The molecule has 0 unspecified atom stereocenters. The molecule has 1 heterocycles. The van der Waals surface area contributed by atoms with E-state index in [4.69, 9.17) is 9.47 Å². The molecule has 5 nitrogen and oxygen atoms in total. The maximum atomic E-state index is 9.75. The van der Waals surface area contributed by atoms with Crippen LogP contribution in [-0.4, -0.2) is 59.6 Å². The van der Waals surface area contributed by atoms with E-state index in [0.717, 1.165) is 19.3 Å². The summed E-state index contributed by atoms with van der Waals surface area (Å²) < 4.78 is 10.9. The number of allylic oxidation sites excluding steroid dienone is 1. The summed E-state index contributed by atoms with van der Waals surface area (Å²) in [6, 6.07) is 0. The molecule has 5 heteroatoms. The lowest BCUT2D eigenvalue weighted by Crippen LogP contribution is -2.42. The zero-order valence-corrected chi connectivity index (χ0v) is 13.5. The molecule has 4 atom stereocenters. The van der Waals surface area contributed by atoms with Crippen molar-refractivity contribution in [1.29, 1.82) is 0 Å². The Bertz CT molecular complexity index is 284. The number of hydrogen-bond donors (Lipinski definition) is 3. The molecule has 0 radical (unpaired) electrons. The molecule has 3 N–H and O–H groups in total. The number of rotatable bonds is 13. The fourth-order valence-corrected chi connectivity index (χ4v) is 2.71. The van der Waals surface area contributed by atoms with E-state index in [0.29, 0.717) is 6.61 Å². The smallest absolute Gasteiger partial charge is 0.114 e. The Kier molecular flexibility index (Phi) is 10.7. The van der Waals surface area contributed by atoms with Gasteiger partial charge in [-0.15, -0.1) is 6.58 Å². The second-order valence-corrected chi connectivity index (χ2v) is 6.00. The lowest BCUT2D eigenvalue weighted by Gasteiger charge is -2.24. The minimum atomic E-state index is -0.979. The van der Waals surface area contributed by atoms with Crippen molar-refractivity contribution in [2.75, 3.05) is 19.8 Å². The normalized spacial score (nSPS) is 26.2. The molecular formula is C17H32O5. The van der Waals surface area contributed by atoms with Gasteiger partial charge in [-0.2, -0.15) is 0 Å². The first-order chi connectivity index (χ1) is 10.7. The number of ether oxygens (including phenoxy) is 2. The van der Waals surface area contributed by atoms with E-state index >= 15 is 0 Å². The Balaban J connectivity index is 1.99. The predicted octanol–water partition coefficient (Wildman–Crippen LogP) is 1.79. The molecular weight excluding hydrogens is 284 g/mol. The highest BCUT2D eigenvalue weighted by atomic mass is 16.6. The standard InChI is InChI=1S/C17H32O5/c1-2-3-4-5-6-7-8-9-10-11-21-15(12-18)17-16(20)14(19)13-22-17/h2,14-20H,1,3-13H2/t14-,15+,16+,17+/m0/s1. The summed E-state index contributed by atoms with van der Waals surface area (Å²) >= 11 is 0. The molecule has 0 aromatic carbocycles. The largest absolute Gasteiger partial charge is 0.394 e. The molecule has 1 saturated heterocycles. The van der Waals surface area contributed by atoms with Gasteiger partial charge in [0.15, 0.2) is 0 Å². The van der Waals surface area contributed by atoms with Gasteiger partial charge in [0.1, 0.15) is 24.4 Å². The van der Waals surface area contributed by atoms with Crippen molar-refractivity contribution in [2.24, 2.45) is 0 Å². The van der Waals surface area contributed by atoms with E-state index in [1.807, 2.05) is 6.08 Å². The number of hydrogen-bond acceptors (Lipinski definition) is 5. The summed E-state index contributed by atoms with van der Waals surface area (Å²) in [6.45, 7) is 4.15. The van der Waals surface area contributed by atoms with E-state index in [-0.39, 0.29) is 13.2 Å². The van der Waals surface area contributed by atoms with Crippen molar-refractivity contribution >= 4 is 0 Å². The molecule has 0 aromatic rings. The number of unbranched alkanes of at least 4 members (excludes halogenated alkanes) is 7. The summed E-state index contributed by atoms with van der Waals surface area (Å²) in [6.07, 6.45) is 8.29. The van der Waals surface area contributed by atoms with Crippen LogP contribution in [0.2, 0.25) is 0 Å². The fraction of sp³-hybridized carbons (Fsp3) is 0.882. The average Bonchev–Trinajstić information content (AvgIpc) is 2.85. The molecule has 130 valence electrons. The summed E-state index contributed by atoms with van der Waals surface area (Å²) in [5.74, 6) is 0. The van der Waals surface area contributed by atoms with Gasteiger partial charge >= 0.3 is 0 Å². The van der Waals surface area contributed by atoms with Crippen LogP contribution in [0.1, 0.15) is 51.4 Å². The molecule has 0 amide bonds. The van der Waals surface area contributed by atoms with Gasteiger partial charge in [-0.1, -0.05) is 38.2 Å². The van der Waals surface area contributed by atoms with Gasteiger partial charge < -0.3 is 24.8 Å². The molecule has 0 bridgehead atoms. The van der Waals surface area contributed by atoms with E-state index in [1.54, 1.807) is 0 Å². The molecule has 1 aliphatic rings. The topological polar surface area (TPSA) is 79.2 Å². The first-order valence-corrected chi connectivity index (χ1v) is 8.51. The minimum Gasteiger partial charge on any atom is -0.394 e. The Morgan fingerprint density at radius 3 is 2.27 bits per heavy atom. The summed E-state index contributed by atoms with van der Waals surface area (Å²) in [4.78, 5) is 0.